The highest BCUT2D eigenvalue weighted by Gasteiger charge is 2.31. The van der Waals surface area contributed by atoms with Gasteiger partial charge in [-0.1, -0.05) is 11.6 Å². The minimum Gasteiger partial charge on any atom is -0.484 e. The van der Waals surface area contributed by atoms with Crippen LogP contribution in [0.3, 0.4) is 0 Å². The summed E-state index contributed by atoms with van der Waals surface area (Å²) in [5, 5.41) is 3.44. The van der Waals surface area contributed by atoms with Crippen LogP contribution < -0.4 is 10.1 Å². The lowest BCUT2D eigenvalue weighted by Gasteiger charge is -2.21. The third kappa shape index (κ3) is 4.63. The summed E-state index contributed by atoms with van der Waals surface area (Å²) in [7, 11) is 0. The molecule has 2 amide bonds. The molecule has 1 saturated heterocycles. The first kappa shape index (κ1) is 16.6. The number of nitrogens with zero attached hydrogens (tertiary/aromatic N) is 1. The van der Waals surface area contributed by atoms with Crippen molar-refractivity contribution in [3.8, 4) is 5.75 Å². The number of hydrogen-bond acceptors (Lipinski definition) is 3. The molecule has 0 aliphatic carbocycles. The van der Waals surface area contributed by atoms with E-state index < -0.39 is 0 Å². The Labute approximate surface area is 135 Å². The topological polar surface area (TPSA) is 58.6 Å². The number of carbonyl (C=O) groups excluding carboxylic acids is 2. The summed E-state index contributed by atoms with van der Waals surface area (Å²) in [6, 6.07) is 7.05. The van der Waals surface area contributed by atoms with E-state index in [9.17, 15) is 9.59 Å². The molecular formula is C16H21ClN2O3. The van der Waals surface area contributed by atoms with E-state index in [1.807, 2.05) is 18.7 Å². The van der Waals surface area contributed by atoms with Crippen LogP contribution in [0.15, 0.2) is 24.3 Å². The zero-order valence-electron chi connectivity index (χ0n) is 12.8. The van der Waals surface area contributed by atoms with Crippen LogP contribution in [-0.4, -0.2) is 42.5 Å². The SMILES string of the molecule is CC(C)N1CC(CNC(=O)COc2ccc(Cl)cc2)CC1=O. The fourth-order valence-electron chi connectivity index (χ4n) is 2.43. The number of likely N-dealkylation sites (tertiary alicyclic amines) is 1. The molecule has 1 heterocycles. The van der Waals surface area contributed by atoms with Crippen LogP contribution in [0.25, 0.3) is 0 Å². The van der Waals surface area contributed by atoms with Gasteiger partial charge in [-0.3, -0.25) is 9.59 Å². The highest BCUT2D eigenvalue weighted by Crippen LogP contribution is 2.19. The number of carbonyl (C=O) groups is 2. The molecule has 1 aliphatic heterocycles. The largest absolute Gasteiger partial charge is 0.484 e. The molecule has 1 atom stereocenters. The van der Waals surface area contributed by atoms with E-state index in [1.165, 1.54) is 0 Å². The molecule has 0 bridgehead atoms. The maximum Gasteiger partial charge on any atom is 0.257 e. The monoisotopic (exact) mass is 324 g/mol. The van der Waals surface area contributed by atoms with E-state index in [4.69, 9.17) is 16.3 Å². The molecule has 6 heteroatoms. The smallest absolute Gasteiger partial charge is 0.257 e. The van der Waals surface area contributed by atoms with E-state index in [1.54, 1.807) is 24.3 Å². The number of rotatable bonds is 6. The summed E-state index contributed by atoms with van der Waals surface area (Å²) in [6.07, 6.45) is 0.497. The number of halogens is 1. The van der Waals surface area contributed by atoms with Crippen molar-refractivity contribution < 1.29 is 14.3 Å². The van der Waals surface area contributed by atoms with Gasteiger partial charge in [-0.05, 0) is 38.1 Å². The van der Waals surface area contributed by atoms with Gasteiger partial charge in [0.15, 0.2) is 6.61 Å². The van der Waals surface area contributed by atoms with Crippen LogP contribution in [0.4, 0.5) is 0 Å². The lowest BCUT2D eigenvalue weighted by molar-refractivity contribution is -0.129. The number of hydrogen-bond donors (Lipinski definition) is 1. The fourth-order valence-corrected chi connectivity index (χ4v) is 2.56. The molecule has 0 radical (unpaired) electrons. The van der Waals surface area contributed by atoms with Crippen molar-refractivity contribution in [3.63, 3.8) is 0 Å². The van der Waals surface area contributed by atoms with Crippen molar-refractivity contribution in [2.45, 2.75) is 26.3 Å². The minimum absolute atomic E-state index is 0.0454. The first-order valence-corrected chi connectivity index (χ1v) is 7.78. The average Bonchev–Trinajstić information content (AvgIpc) is 2.86. The molecule has 1 N–H and O–H groups in total. The minimum atomic E-state index is -0.189. The molecule has 1 unspecified atom stereocenters. The van der Waals surface area contributed by atoms with Gasteiger partial charge in [-0.2, -0.15) is 0 Å². The third-order valence-corrected chi connectivity index (χ3v) is 3.89. The molecule has 2 rings (SSSR count). The number of benzene rings is 1. The summed E-state index contributed by atoms with van der Waals surface area (Å²) < 4.78 is 5.37. The van der Waals surface area contributed by atoms with Gasteiger partial charge in [0.2, 0.25) is 5.91 Å². The predicted molar refractivity (Wildman–Crippen MR) is 84.9 cm³/mol. The Morgan fingerprint density at radius 2 is 2.09 bits per heavy atom. The molecule has 1 aromatic carbocycles. The maximum absolute atomic E-state index is 11.8. The molecule has 1 fully saturated rings. The van der Waals surface area contributed by atoms with E-state index in [0.29, 0.717) is 30.3 Å². The van der Waals surface area contributed by atoms with Gasteiger partial charge < -0.3 is 15.0 Å². The second-order valence-corrected chi connectivity index (χ2v) is 6.19. The number of amides is 2. The molecule has 1 aliphatic rings. The number of ether oxygens (including phenoxy) is 1. The fraction of sp³-hybridized carbons (Fsp3) is 0.500. The van der Waals surface area contributed by atoms with Crippen molar-refractivity contribution in [1.82, 2.24) is 10.2 Å². The maximum atomic E-state index is 11.8. The predicted octanol–water partition coefficient (Wildman–Crippen LogP) is 2.09. The van der Waals surface area contributed by atoms with Crippen LogP contribution in [-0.2, 0) is 9.59 Å². The second-order valence-electron chi connectivity index (χ2n) is 5.76. The summed E-state index contributed by atoms with van der Waals surface area (Å²) in [5.74, 6) is 0.744. The van der Waals surface area contributed by atoms with Gasteiger partial charge in [-0.15, -0.1) is 0 Å². The van der Waals surface area contributed by atoms with Crippen molar-refractivity contribution >= 4 is 23.4 Å². The summed E-state index contributed by atoms with van der Waals surface area (Å²) in [5.41, 5.74) is 0. The Balaban J connectivity index is 1.70. The molecule has 0 spiro atoms. The summed E-state index contributed by atoms with van der Waals surface area (Å²) in [4.78, 5) is 25.4. The second kappa shape index (κ2) is 7.49. The van der Waals surface area contributed by atoms with Gasteiger partial charge in [0.25, 0.3) is 5.91 Å². The highest BCUT2D eigenvalue weighted by molar-refractivity contribution is 6.30. The van der Waals surface area contributed by atoms with Gasteiger partial charge >= 0.3 is 0 Å². The molecular weight excluding hydrogens is 304 g/mol. The Morgan fingerprint density at radius 3 is 2.68 bits per heavy atom. The van der Waals surface area contributed by atoms with Crippen LogP contribution >= 0.6 is 11.6 Å². The third-order valence-electron chi connectivity index (χ3n) is 3.63. The lowest BCUT2D eigenvalue weighted by Crippen LogP contribution is -2.35. The van der Waals surface area contributed by atoms with Crippen LogP contribution in [0.1, 0.15) is 20.3 Å². The lowest BCUT2D eigenvalue weighted by atomic mass is 10.1. The normalized spacial score (nSPS) is 17.9. The first-order chi connectivity index (χ1) is 10.5. The van der Waals surface area contributed by atoms with E-state index >= 15 is 0 Å². The standard InChI is InChI=1S/C16H21ClN2O3/c1-11(2)19-9-12(7-16(19)21)8-18-15(20)10-22-14-5-3-13(17)4-6-14/h3-6,11-12H,7-10H2,1-2H3,(H,18,20). The van der Waals surface area contributed by atoms with Crippen molar-refractivity contribution in [3.05, 3.63) is 29.3 Å². The quantitative estimate of drug-likeness (QED) is 0.871. The Hall–Kier alpha value is -1.75. The van der Waals surface area contributed by atoms with E-state index in [2.05, 4.69) is 5.32 Å². The van der Waals surface area contributed by atoms with Crippen molar-refractivity contribution in [2.75, 3.05) is 19.7 Å². The van der Waals surface area contributed by atoms with Crippen molar-refractivity contribution in [1.29, 1.82) is 0 Å². The summed E-state index contributed by atoms with van der Waals surface area (Å²) in [6.45, 7) is 5.15. The Kier molecular flexibility index (Phi) is 5.66. The molecule has 0 aromatic heterocycles. The van der Waals surface area contributed by atoms with Gasteiger partial charge in [0, 0.05) is 36.5 Å². The van der Waals surface area contributed by atoms with Crippen LogP contribution in [0.2, 0.25) is 5.02 Å². The molecule has 1 aromatic rings. The Morgan fingerprint density at radius 1 is 1.41 bits per heavy atom. The molecule has 5 nitrogen and oxygen atoms in total. The zero-order chi connectivity index (χ0) is 16.1. The van der Waals surface area contributed by atoms with Gasteiger partial charge in [0.1, 0.15) is 5.75 Å². The number of nitrogens with one attached hydrogen (secondary N) is 1. The van der Waals surface area contributed by atoms with Gasteiger partial charge in [-0.25, -0.2) is 0 Å². The summed E-state index contributed by atoms with van der Waals surface area (Å²) >= 11 is 5.78. The van der Waals surface area contributed by atoms with E-state index in [0.717, 1.165) is 0 Å². The average molecular weight is 325 g/mol. The van der Waals surface area contributed by atoms with Crippen molar-refractivity contribution in [2.24, 2.45) is 5.92 Å². The van der Waals surface area contributed by atoms with Gasteiger partial charge in [0.05, 0.1) is 0 Å². The first-order valence-electron chi connectivity index (χ1n) is 7.40. The highest BCUT2D eigenvalue weighted by atomic mass is 35.5. The van der Waals surface area contributed by atoms with E-state index in [-0.39, 0.29) is 30.4 Å². The molecule has 0 saturated carbocycles. The molecule has 22 heavy (non-hydrogen) atoms. The van der Waals surface area contributed by atoms with Crippen LogP contribution in [0.5, 0.6) is 5.75 Å². The van der Waals surface area contributed by atoms with Crippen LogP contribution in [0, 0.1) is 5.92 Å². The molecule has 120 valence electrons. The zero-order valence-corrected chi connectivity index (χ0v) is 13.6. The Bertz CT molecular complexity index is 531.